The lowest BCUT2D eigenvalue weighted by Crippen LogP contribution is -2.24. The summed E-state index contributed by atoms with van der Waals surface area (Å²) in [5.74, 6) is -0.854. The van der Waals surface area contributed by atoms with Crippen molar-refractivity contribution in [3.05, 3.63) is 35.4 Å². The number of aliphatic imine (C=N–C) groups is 1. The molecule has 1 aromatic carbocycles. The number of nitrogens with two attached hydrogens (primary N) is 2. The number of hydrogen-bond acceptors (Lipinski definition) is 2. The van der Waals surface area contributed by atoms with Crippen LogP contribution in [-0.4, -0.2) is 17.6 Å². The Morgan fingerprint density at radius 1 is 1.12 bits per heavy atom. The van der Waals surface area contributed by atoms with Gasteiger partial charge in [0.1, 0.15) is 0 Å². The van der Waals surface area contributed by atoms with Gasteiger partial charge in [-0.15, -0.1) is 0 Å². The van der Waals surface area contributed by atoms with Gasteiger partial charge in [0.05, 0.1) is 0 Å². The fraction of sp³-hybridized carbons (Fsp3) is 0.250. The lowest BCUT2D eigenvalue weighted by atomic mass is 10.1. The van der Waals surface area contributed by atoms with Crippen molar-refractivity contribution in [2.75, 3.05) is 0 Å². The Bertz CT molecular complexity index is 445. The van der Waals surface area contributed by atoms with Crippen LogP contribution in [0.1, 0.15) is 28.8 Å². The maximum atomic E-state index is 11.7. The zero-order valence-electron chi connectivity index (χ0n) is 9.64. The SMILES string of the molecule is Cc1ccc(C(=O)CCC(=O)N=C(N)N)cc1. The molecule has 0 saturated carbocycles. The number of carbonyl (C=O) groups excluding carboxylic acids is 2. The van der Waals surface area contributed by atoms with Crippen molar-refractivity contribution < 1.29 is 9.59 Å². The van der Waals surface area contributed by atoms with E-state index in [9.17, 15) is 9.59 Å². The van der Waals surface area contributed by atoms with Crippen LogP contribution >= 0.6 is 0 Å². The third-order valence-electron chi connectivity index (χ3n) is 2.19. The van der Waals surface area contributed by atoms with Crippen molar-refractivity contribution in [2.45, 2.75) is 19.8 Å². The number of amides is 1. The Kier molecular flexibility index (Phi) is 4.39. The summed E-state index contributed by atoms with van der Waals surface area (Å²) >= 11 is 0. The molecule has 1 rings (SSSR count). The van der Waals surface area contributed by atoms with Gasteiger partial charge in [0.15, 0.2) is 11.7 Å². The first-order chi connectivity index (χ1) is 7.99. The maximum absolute atomic E-state index is 11.7. The summed E-state index contributed by atoms with van der Waals surface area (Å²) in [5.41, 5.74) is 11.8. The third-order valence-corrected chi connectivity index (χ3v) is 2.19. The summed E-state index contributed by atoms with van der Waals surface area (Å²) in [5, 5.41) is 0. The summed E-state index contributed by atoms with van der Waals surface area (Å²) in [6.45, 7) is 1.94. The zero-order valence-corrected chi connectivity index (χ0v) is 9.64. The predicted molar refractivity (Wildman–Crippen MR) is 65.6 cm³/mol. The number of ketones is 1. The average molecular weight is 233 g/mol. The Morgan fingerprint density at radius 2 is 1.71 bits per heavy atom. The van der Waals surface area contributed by atoms with Crippen LogP contribution in [0.25, 0.3) is 0 Å². The molecule has 17 heavy (non-hydrogen) atoms. The number of nitrogens with zero attached hydrogens (tertiary/aromatic N) is 1. The molecule has 0 aliphatic rings. The van der Waals surface area contributed by atoms with Crippen molar-refractivity contribution in [1.82, 2.24) is 0 Å². The number of Topliss-reactive ketones (excluding diaryl/α,β-unsaturated/α-hetero) is 1. The summed E-state index contributed by atoms with van der Waals surface area (Å²) in [7, 11) is 0. The third kappa shape index (κ3) is 4.46. The number of hydrogen-bond donors (Lipinski definition) is 2. The molecule has 0 unspecified atom stereocenters. The first-order valence-corrected chi connectivity index (χ1v) is 5.21. The molecule has 0 aliphatic carbocycles. The summed E-state index contributed by atoms with van der Waals surface area (Å²) < 4.78 is 0. The van der Waals surface area contributed by atoms with Crippen molar-refractivity contribution in [3.63, 3.8) is 0 Å². The fourth-order valence-electron chi connectivity index (χ4n) is 1.30. The molecular weight excluding hydrogens is 218 g/mol. The van der Waals surface area contributed by atoms with E-state index in [1.807, 2.05) is 19.1 Å². The monoisotopic (exact) mass is 233 g/mol. The van der Waals surface area contributed by atoms with Crippen molar-refractivity contribution in [1.29, 1.82) is 0 Å². The maximum Gasteiger partial charge on any atom is 0.249 e. The quantitative estimate of drug-likeness (QED) is 0.455. The van der Waals surface area contributed by atoms with Gasteiger partial charge in [0.2, 0.25) is 5.91 Å². The highest BCUT2D eigenvalue weighted by atomic mass is 16.1. The zero-order chi connectivity index (χ0) is 12.8. The number of benzene rings is 1. The highest BCUT2D eigenvalue weighted by molar-refractivity contribution is 5.99. The number of rotatable bonds is 4. The molecule has 5 heteroatoms. The molecule has 0 radical (unpaired) electrons. The van der Waals surface area contributed by atoms with Gasteiger partial charge in [-0.1, -0.05) is 29.8 Å². The highest BCUT2D eigenvalue weighted by Crippen LogP contribution is 2.07. The van der Waals surface area contributed by atoms with Gasteiger partial charge >= 0.3 is 0 Å². The van der Waals surface area contributed by atoms with E-state index in [-0.39, 0.29) is 24.6 Å². The molecule has 0 spiro atoms. The second-order valence-electron chi connectivity index (χ2n) is 3.72. The van der Waals surface area contributed by atoms with E-state index < -0.39 is 5.91 Å². The van der Waals surface area contributed by atoms with Crippen LogP contribution in [0.5, 0.6) is 0 Å². The molecule has 0 bridgehead atoms. The van der Waals surface area contributed by atoms with Gasteiger partial charge in [-0.3, -0.25) is 9.59 Å². The van der Waals surface area contributed by atoms with Crippen LogP contribution in [0.4, 0.5) is 0 Å². The van der Waals surface area contributed by atoms with Crippen LogP contribution in [0.15, 0.2) is 29.3 Å². The lowest BCUT2D eigenvalue weighted by Gasteiger charge is -2.00. The van der Waals surface area contributed by atoms with Crippen LogP contribution in [0, 0.1) is 6.92 Å². The van der Waals surface area contributed by atoms with Crippen molar-refractivity contribution in [3.8, 4) is 0 Å². The average Bonchev–Trinajstić information content (AvgIpc) is 2.26. The molecule has 0 aliphatic heterocycles. The minimum atomic E-state index is -0.481. The van der Waals surface area contributed by atoms with E-state index >= 15 is 0 Å². The second-order valence-corrected chi connectivity index (χ2v) is 3.72. The topological polar surface area (TPSA) is 98.5 Å². The van der Waals surface area contributed by atoms with E-state index in [1.54, 1.807) is 12.1 Å². The van der Waals surface area contributed by atoms with Crippen molar-refractivity contribution >= 4 is 17.6 Å². The molecule has 0 saturated heterocycles. The van der Waals surface area contributed by atoms with Crippen LogP contribution in [0.3, 0.4) is 0 Å². The second kappa shape index (κ2) is 5.79. The van der Waals surface area contributed by atoms with Crippen LogP contribution in [0.2, 0.25) is 0 Å². The van der Waals surface area contributed by atoms with E-state index in [1.165, 1.54) is 0 Å². The molecule has 1 aromatic rings. The first-order valence-electron chi connectivity index (χ1n) is 5.21. The minimum Gasteiger partial charge on any atom is -0.370 e. The van der Waals surface area contributed by atoms with E-state index in [0.717, 1.165) is 5.56 Å². The summed E-state index contributed by atoms with van der Waals surface area (Å²) in [6.07, 6.45) is 0.128. The molecule has 0 atom stereocenters. The highest BCUT2D eigenvalue weighted by Gasteiger charge is 2.08. The summed E-state index contributed by atoms with van der Waals surface area (Å²) in [6, 6.07) is 7.18. The van der Waals surface area contributed by atoms with Crippen molar-refractivity contribution in [2.24, 2.45) is 16.5 Å². The largest absolute Gasteiger partial charge is 0.370 e. The van der Waals surface area contributed by atoms with Gasteiger partial charge in [0, 0.05) is 18.4 Å². The molecule has 5 nitrogen and oxygen atoms in total. The standard InChI is InChI=1S/C12H15N3O2/c1-8-2-4-9(5-3-8)10(16)6-7-11(17)15-12(13)14/h2-5H,6-7H2,1H3,(H4,13,14,15,17). The molecule has 0 heterocycles. The van der Waals surface area contributed by atoms with E-state index in [2.05, 4.69) is 4.99 Å². The van der Waals surface area contributed by atoms with E-state index in [0.29, 0.717) is 5.56 Å². The Balaban J connectivity index is 2.53. The van der Waals surface area contributed by atoms with E-state index in [4.69, 9.17) is 11.5 Å². The lowest BCUT2D eigenvalue weighted by molar-refractivity contribution is -0.117. The Hall–Kier alpha value is -2.17. The van der Waals surface area contributed by atoms with Gasteiger partial charge in [-0.2, -0.15) is 4.99 Å². The molecule has 0 fully saturated rings. The molecule has 4 N–H and O–H groups in total. The molecular formula is C12H15N3O2. The number of aryl methyl sites for hydroxylation is 1. The van der Waals surface area contributed by atoms with Gasteiger partial charge < -0.3 is 11.5 Å². The predicted octanol–water partition coefficient (Wildman–Crippen LogP) is 0.758. The Morgan fingerprint density at radius 3 is 2.24 bits per heavy atom. The minimum absolute atomic E-state index is 0.0185. The normalized spacial score (nSPS) is 9.71. The van der Waals surface area contributed by atoms with Gasteiger partial charge in [-0.05, 0) is 6.92 Å². The number of carbonyl (C=O) groups is 2. The van der Waals surface area contributed by atoms with Crippen LogP contribution in [-0.2, 0) is 4.79 Å². The Labute approximate surface area is 99.5 Å². The molecule has 0 aromatic heterocycles. The molecule has 1 amide bonds. The number of guanidine groups is 1. The van der Waals surface area contributed by atoms with Gasteiger partial charge in [-0.25, -0.2) is 0 Å². The summed E-state index contributed by atoms with van der Waals surface area (Å²) in [4.78, 5) is 26.2. The van der Waals surface area contributed by atoms with Gasteiger partial charge in [0.25, 0.3) is 0 Å². The molecule has 90 valence electrons. The van der Waals surface area contributed by atoms with Crippen LogP contribution < -0.4 is 11.5 Å². The first kappa shape index (κ1) is 12.9. The fourth-order valence-corrected chi connectivity index (χ4v) is 1.30. The smallest absolute Gasteiger partial charge is 0.249 e.